The summed E-state index contributed by atoms with van der Waals surface area (Å²) < 4.78 is 0. The van der Waals surface area contributed by atoms with Crippen LogP contribution < -0.4 is 5.73 Å². The Morgan fingerprint density at radius 3 is 2.30 bits per heavy atom. The van der Waals surface area contributed by atoms with Gasteiger partial charge in [-0.25, -0.2) is 0 Å². The van der Waals surface area contributed by atoms with Gasteiger partial charge >= 0.3 is 0 Å². The first-order valence-electron chi connectivity index (χ1n) is 7.18. The molecule has 3 nitrogen and oxygen atoms in total. The summed E-state index contributed by atoms with van der Waals surface area (Å²) in [5, 5.41) is 0. The molecule has 0 spiro atoms. The molecule has 112 valence electrons. The van der Waals surface area contributed by atoms with Crippen LogP contribution in [-0.2, 0) is 4.79 Å². The zero-order valence-electron chi connectivity index (χ0n) is 12.3. The number of benzene rings is 1. The van der Waals surface area contributed by atoms with Crippen LogP contribution in [0, 0.1) is 6.92 Å². The number of likely N-dealkylation sites (N-methyl/N-ethyl adjacent to an activating group) is 1. The lowest BCUT2D eigenvalue weighted by molar-refractivity contribution is -0.134. The van der Waals surface area contributed by atoms with Crippen LogP contribution in [0.2, 0.25) is 0 Å². The van der Waals surface area contributed by atoms with Gasteiger partial charge in [-0.2, -0.15) is 0 Å². The Balaban J connectivity index is 0.00000200. The average Bonchev–Trinajstić information content (AvgIpc) is 2.46. The van der Waals surface area contributed by atoms with Crippen molar-refractivity contribution in [3.63, 3.8) is 0 Å². The van der Waals surface area contributed by atoms with Gasteiger partial charge in [0.25, 0.3) is 0 Å². The second-order valence-corrected chi connectivity index (χ2v) is 5.63. The van der Waals surface area contributed by atoms with Crippen molar-refractivity contribution in [2.24, 2.45) is 5.73 Å². The van der Waals surface area contributed by atoms with Crippen LogP contribution in [0.1, 0.15) is 49.3 Å². The third-order valence-electron chi connectivity index (χ3n) is 4.17. The molecule has 4 heteroatoms. The Labute approximate surface area is 127 Å². The number of carbonyl (C=O) groups is 1. The number of rotatable bonds is 3. The Bertz CT molecular complexity index is 427. The number of aryl methyl sites for hydroxylation is 1. The molecule has 0 saturated heterocycles. The standard InChI is InChI=1S/C16H24N2O.ClH/c1-12-8-10-13(11-9-12)15(17)16(19)18(2)14-6-4-3-5-7-14;/h8-11,14-15H,3-7,17H2,1-2H3;1H. The van der Waals surface area contributed by atoms with Crippen molar-refractivity contribution < 1.29 is 4.79 Å². The van der Waals surface area contributed by atoms with Gasteiger partial charge in [0.2, 0.25) is 5.91 Å². The quantitative estimate of drug-likeness (QED) is 0.931. The molecule has 0 radical (unpaired) electrons. The Morgan fingerprint density at radius 2 is 1.75 bits per heavy atom. The van der Waals surface area contributed by atoms with Gasteiger partial charge in [-0.1, -0.05) is 49.1 Å². The maximum Gasteiger partial charge on any atom is 0.244 e. The fraction of sp³-hybridized carbons (Fsp3) is 0.562. The van der Waals surface area contributed by atoms with E-state index >= 15 is 0 Å². The molecule has 1 aromatic rings. The van der Waals surface area contributed by atoms with Gasteiger partial charge in [-0.3, -0.25) is 4.79 Å². The number of nitrogens with zero attached hydrogens (tertiary/aromatic N) is 1. The lowest BCUT2D eigenvalue weighted by atomic mass is 9.93. The highest BCUT2D eigenvalue weighted by Crippen LogP contribution is 2.24. The number of amides is 1. The van der Waals surface area contributed by atoms with Gasteiger partial charge in [0.05, 0.1) is 0 Å². The number of carbonyl (C=O) groups excluding carboxylic acids is 1. The molecule has 2 rings (SSSR count). The van der Waals surface area contributed by atoms with E-state index in [0.717, 1.165) is 18.4 Å². The molecule has 1 aromatic carbocycles. The first-order valence-corrected chi connectivity index (χ1v) is 7.18. The molecule has 1 aliphatic rings. The van der Waals surface area contributed by atoms with Crippen molar-refractivity contribution >= 4 is 18.3 Å². The summed E-state index contributed by atoms with van der Waals surface area (Å²) >= 11 is 0. The zero-order valence-corrected chi connectivity index (χ0v) is 13.2. The molecule has 1 atom stereocenters. The van der Waals surface area contributed by atoms with Crippen LogP contribution >= 0.6 is 12.4 Å². The van der Waals surface area contributed by atoms with Crippen molar-refractivity contribution in [1.82, 2.24) is 4.90 Å². The van der Waals surface area contributed by atoms with Crippen molar-refractivity contribution in [2.75, 3.05) is 7.05 Å². The van der Waals surface area contributed by atoms with Crippen molar-refractivity contribution in [2.45, 2.75) is 51.1 Å². The SMILES string of the molecule is Cc1ccc(C(N)C(=O)N(C)C2CCCCC2)cc1.Cl. The summed E-state index contributed by atoms with van der Waals surface area (Å²) in [6.45, 7) is 2.03. The van der Waals surface area contributed by atoms with Crippen LogP contribution in [0.3, 0.4) is 0 Å². The van der Waals surface area contributed by atoms with Crippen LogP contribution in [-0.4, -0.2) is 23.9 Å². The van der Waals surface area contributed by atoms with Gasteiger partial charge < -0.3 is 10.6 Å². The van der Waals surface area contributed by atoms with E-state index < -0.39 is 6.04 Å². The molecule has 0 aromatic heterocycles. The highest BCUT2D eigenvalue weighted by molar-refractivity contribution is 5.85. The van der Waals surface area contributed by atoms with Crippen LogP contribution in [0.15, 0.2) is 24.3 Å². The highest BCUT2D eigenvalue weighted by Gasteiger charge is 2.26. The fourth-order valence-electron chi connectivity index (χ4n) is 2.78. The Kier molecular flexibility index (Phi) is 6.50. The van der Waals surface area contributed by atoms with E-state index in [4.69, 9.17) is 5.73 Å². The minimum atomic E-state index is -0.535. The van der Waals surface area contributed by atoms with E-state index in [-0.39, 0.29) is 18.3 Å². The first kappa shape index (κ1) is 17.0. The van der Waals surface area contributed by atoms with Gasteiger partial charge in [0, 0.05) is 13.1 Å². The summed E-state index contributed by atoms with van der Waals surface area (Å²) in [6.07, 6.45) is 5.97. The molecule has 1 fully saturated rings. The van der Waals surface area contributed by atoms with Crippen molar-refractivity contribution in [3.05, 3.63) is 35.4 Å². The monoisotopic (exact) mass is 296 g/mol. The van der Waals surface area contributed by atoms with Crippen molar-refractivity contribution in [1.29, 1.82) is 0 Å². The Morgan fingerprint density at radius 1 is 1.20 bits per heavy atom. The molecule has 0 bridgehead atoms. The summed E-state index contributed by atoms with van der Waals surface area (Å²) in [4.78, 5) is 14.3. The van der Waals surface area contributed by atoms with Crippen LogP contribution in [0.5, 0.6) is 0 Å². The molecule has 0 aliphatic heterocycles. The average molecular weight is 297 g/mol. The molecule has 1 unspecified atom stereocenters. The lowest BCUT2D eigenvalue weighted by Crippen LogP contribution is -2.43. The smallest absolute Gasteiger partial charge is 0.244 e. The summed E-state index contributed by atoms with van der Waals surface area (Å²) in [6, 6.07) is 7.75. The minimum absolute atomic E-state index is 0. The molecular weight excluding hydrogens is 272 g/mol. The molecule has 20 heavy (non-hydrogen) atoms. The predicted molar refractivity (Wildman–Crippen MR) is 85.0 cm³/mol. The normalized spacial score (nSPS) is 17.1. The largest absolute Gasteiger partial charge is 0.341 e. The van der Waals surface area contributed by atoms with Crippen LogP contribution in [0.4, 0.5) is 0 Å². The molecular formula is C16H25ClN2O. The second kappa shape index (κ2) is 7.65. The van der Waals surface area contributed by atoms with Crippen LogP contribution in [0.25, 0.3) is 0 Å². The number of halogens is 1. The predicted octanol–water partition coefficient (Wildman–Crippen LogP) is 3.21. The summed E-state index contributed by atoms with van der Waals surface area (Å²) in [7, 11) is 1.90. The van der Waals surface area contributed by atoms with E-state index in [1.807, 2.05) is 43.1 Å². The van der Waals surface area contributed by atoms with E-state index in [0.29, 0.717) is 6.04 Å². The van der Waals surface area contributed by atoms with E-state index in [1.165, 1.54) is 24.8 Å². The molecule has 0 heterocycles. The van der Waals surface area contributed by atoms with Gasteiger partial charge in [0.15, 0.2) is 0 Å². The second-order valence-electron chi connectivity index (χ2n) is 5.63. The van der Waals surface area contributed by atoms with Gasteiger partial charge in [0.1, 0.15) is 6.04 Å². The molecule has 2 N–H and O–H groups in total. The lowest BCUT2D eigenvalue weighted by Gasteiger charge is -2.33. The van der Waals surface area contributed by atoms with E-state index in [9.17, 15) is 4.79 Å². The minimum Gasteiger partial charge on any atom is -0.341 e. The number of hydrogen-bond acceptors (Lipinski definition) is 2. The highest BCUT2D eigenvalue weighted by atomic mass is 35.5. The number of hydrogen-bond donors (Lipinski definition) is 1. The van der Waals surface area contributed by atoms with Gasteiger partial charge in [-0.05, 0) is 25.3 Å². The van der Waals surface area contributed by atoms with E-state index in [1.54, 1.807) is 0 Å². The third-order valence-corrected chi connectivity index (χ3v) is 4.17. The topological polar surface area (TPSA) is 46.3 Å². The molecule has 1 aliphatic carbocycles. The maximum absolute atomic E-state index is 12.4. The molecule has 1 amide bonds. The molecule has 1 saturated carbocycles. The van der Waals surface area contributed by atoms with Crippen molar-refractivity contribution in [3.8, 4) is 0 Å². The third kappa shape index (κ3) is 3.97. The maximum atomic E-state index is 12.4. The summed E-state index contributed by atoms with van der Waals surface area (Å²) in [5.74, 6) is 0.0377. The first-order chi connectivity index (χ1) is 9.09. The summed E-state index contributed by atoms with van der Waals surface area (Å²) in [5.41, 5.74) is 8.19. The fourth-order valence-corrected chi connectivity index (χ4v) is 2.78. The zero-order chi connectivity index (χ0) is 13.8. The number of nitrogens with two attached hydrogens (primary N) is 1. The van der Waals surface area contributed by atoms with E-state index in [2.05, 4.69) is 0 Å². The van der Waals surface area contributed by atoms with Gasteiger partial charge in [-0.15, -0.1) is 12.4 Å². The Hall–Kier alpha value is -1.06.